The molecule has 0 aromatic heterocycles. The molecule has 3 heterocycles. The van der Waals surface area contributed by atoms with Crippen LogP contribution < -0.4 is 0 Å². The average molecular weight is 432 g/mol. The molecule has 1 atom stereocenters. The predicted molar refractivity (Wildman–Crippen MR) is 111 cm³/mol. The molecular weight excluding hydrogens is 402 g/mol. The number of nitrogens with zero attached hydrogens (tertiary/aromatic N) is 3. The first kappa shape index (κ1) is 21.3. The van der Waals surface area contributed by atoms with Crippen LogP contribution >= 0.6 is 0 Å². The van der Waals surface area contributed by atoms with Crippen LogP contribution in [0.5, 0.6) is 0 Å². The number of hydrogen-bond donors (Lipinski definition) is 0. The van der Waals surface area contributed by atoms with Crippen molar-refractivity contribution in [2.75, 3.05) is 32.8 Å². The summed E-state index contributed by atoms with van der Waals surface area (Å²) in [7, 11) is -3.58. The number of likely N-dealkylation sites (tertiary alicyclic amines) is 1. The van der Waals surface area contributed by atoms with E-state index in [1.54, 1.807) is 0 Å². The molecule has 0 saturated carbocycles. The summed E-state index contributed by atoms with van der Waals surface area (Å²) in [5.41, 5.74) is 0.127. The van der Waals surface area contributed by atoms with Gasteiger partial charge in [0.1, 0.15) is 0 Å². The number of benzene rings is 1. The van der Waals surface area contributed by atoms with Crippen LogP contribution in [0.4, 0.5) is 0 Å². The van der Waals surface area contributed by atoms with E-state index < -0.39 is 10.0 Å². The minimum Gasteiger partial charge on any atom is -0.375 e. The Morgan fingerprint density at radius 2 is 1.80 bits per heavy atom. The van der Waals surface area contributed by atoms with Crippen molar-refractivity contribution in [3.63, 3.8) is 0 Å². The van der Waals surface area contributed by atoms with E-state index >= 15 is 0 Å². The number of ether oxygens (including phenoxy) is 1. The number of sulfonamides is 1. The van der Waals surface area contributed by atoms with Crippen molar-refractivity contribution >= 4 is 15.9 Å². The van der Waals surface area contributed by atoms with E-state index in [2.05, 4.69) is 0 Å². The third kappa shape index (κ3) is 4.39. The summed E-state index contributed by atoms with van der Waals surface area (Å²) < 4.78 is 33.6. The fourth-order valence-electron chi connectivity index (χ4n) is 4.98. The van der Waals surface area contributed by atoms with Gasteiger partial charge in [0, 0.05) is 39.2 Å². The summed E-state index contributed by atoms with van der Waals surface area (Å²) >= 11 is 0. The molecule has 1 spiro atoms. The molecule has 3 aliphatic rings. The van der Waals surface area contributed by atoms with Gasteiger partial charge < -0.3 is 9.64 Å². The Morgan fingerprint density at radius 1 is 1.13 bits per heavy atom. The molecule has 0 bridgehead atoms. The van der Waals surface area contributed by atoms with Gasteiger partial charge in [-0.2, -0.15) is 9.57 Å². The quantitative estimate of drug-likeness (QED) is 0.731. The maximum Gasteiger partial charge on any atom is 0.243 e. The van der Waals surface area contributed by atoms with Crippen molar-refractivity contribution in [1.82, 2.24) is 9.21 Å². The zero-order chi connectivity index (χ0) is 21.2. The number of piperidine rings is 1. The van der Waals surface area contributed by atoms with Crippen molar-refractivity contribution in [2.24, 2.45) is 5.92 Å². The molecule has 162 valence electrons. The molecule has 1 aromatic carbocycles. The number of hydrogen-bond acceptors (Lipinski definition) is 5. The highest BCUT2D eigenvalue weighted by atomic mass is 32.2. The second kappa shape index (κ2) is 8.66. The largest absolute Gasteiger partial charge is 0.375 e. The van der Waals surface area contributed by atoms with Crippen molar-refractivity contribution in [3.05, 3.63) is 29.8 Å². The van der Waals surface area contributed by atoms with Gasteiger partial charge in [0.05, 0.1) is 22.1 Å². The predicted octanol–water partition coefficient (Wildman–Crippen LogP) is 2.52. The summed E-state index contributed by atoms with van der Waals surface area (Å²) in [6.07, 6.45) is 5.82. The number of carbonyl (C=O) groups excluding carboxylic acids is 1. The Bertz CT molecular complexity index is 909. The maximum atomic E-state index is 13.0. The van der Waals surface area contributed by atoms with E-state index in [1.807, 2.05) is 11.0 Å². The number of amides is 1. The lowest BCUT2D eigenvalue weighted by Crippen LogP contribution is -2.51. The van der Waals surface area contributed by atoms with Crippen molar-refractivity contribution in [2.45, 2.75) is 55.4 Å². The van der Waals surface area contributed by atoms with Crippen LogP contribution in [0.15, 0.2) is 29.2 Å². The fourth-order valence-corrected chi connectivity index (χ4v) is 6.42. The summed E-state index contributed by atoms with van der Waals surface area (Å²) in [5.74, 6) is 0.573. The monoisotopic (exact) mass is 431 g/mol. The van der Waals surface area contributed by atoms with Crippen LogP contribution in [-0.4, -0.2) is 61.9 Å². The topological polar surface area (TPSA) is 90.7 Å². The Balaban J connectivity index is 1.36. The van der Waals surface area contributed by atoms with E-state index in [1.165, 1.54) is 28.6 Å². The average Bonchev–Trinajstić information content (AvgIpc) is 3.29. The minimum atomic E-state index is -3.58. The van der Waals surface area contributed by atoms with Crippen LogP contribution in [0, 0.1) is 17.2 Å². The lowest BCUT2D eigenvalue weighted by Gasteiger charge is -2.46. The zero-order valence-electron chi connectivity index (χ0n) is 17.3. The molecule has 1 amide bonds. The lowest BCUT2D eigenvalue weighted by atomic mass is 9.78. The van der Waals surface area contributed by atoms with Gasteiger partial charge in [0.25, 0.3) is 0 Å². The number of nitriles is 1. The van der Waals surface area contributed by atoms with Gasteiger partial charge in [-0.05, 0) is 68.7 Å². The first-order valence-electron chi connectivity index (χ1n) is 10.8. The zero-order valence-corrected chi connectivity index (χ0v) is 18.1. The molecule has 8 heteroatoms. The molecule has 1 aromatic rings. The molecule has 3 fully saturated rings. The molecular formula is C22H29N3O4S. The normalized spacial score (nSPS) is 24.6. The third-order valence-corrected chi connectivity index (χ3v) is 8.68. The summed E-state index contributed by atoms with van der Waals surface area (Å²) in [6, 6.07) is 8.06. The minimum absolute atomic E-state index is 0.219. The maximum absolute atomic E-state index is 13.0. The van der Waals surface area contributed by atoms with Crippen LogP contribution in [0.2, 0.25) is 0 Å². The second-order valence-electron chi connectivity index (χ2n) is 8.72. The van der Waals surface area contributed by atoms with Gasteiger partial charge in [0.15, 0.2) is 0 Å². The standard InChI is InChI=1S/C22H29N3O4S/c23-17-18-3-5-20(6-4-18)30(27,28)25-12-8-22(9-13-25)16-19(7-14-29-22)15-21(26)24-10-1-2-11-24/h3-6,19H,1-2,7-16H2. The highest BCUT2D eigenvalue weighted by Gasteiger charge is 2.43. The molecule has 4 rings (SSSR count). The molecule has 3 aliphatic heterocycles. The third-order valence-electron chi connectivity index (χ3n) is 6.77. The molecule has 0 N–H and O–H groups in total. The van der Waals surface area contributed by atoms with E-state index in [0.29, 0.717) is 50.4 Å². The lowest BCUT2D eigenvalue weighted by molar-refractivity contribution is -0.139. The second-order valence-corrected chi connectivity index (χ2v) is 10.7. The van der Waals surface area contributed by atoms with E-state index in [0.717, 1.165) is 38.8 Å². The van der Waals surface area contributed by atoms with Crippen LogP contribution in [0.1, 0.15) is 50.5 Å². The van der Waals surface area contributed by atoms with Crippen LogP contribution in [-0.2, 0) is 19.6 Å². The summed E-state index contributed by atoms with van der Waals surface area (Å²) in [4.78, 5) is 14.7. The molecule has 7 nitrogen and oxygen atoms in total. The molecule has 0 aliphatic carbocycles. The van der Waals surface area contributed by atoms with Gasteiger partial charge >= 0.3 is 0 Å². The van der Waals surface area contributed by atoms with Gasteiger partial charge in [-0.1, -0.05) is 0 Å². The van der Waals surface area contributed by atoms with Gasteiger partial charge in [-0.15, -0.1) is 0 Å². The summed E-state index contributed by atoms with van der Waals surface area (Å²) in [6.45, 7) is 3.23. The first-order chi connectivity index (χ1) is 14.4. The van der Waals surface area contributed by atoms with E-state index in [-0.39, 0.29) is 16.4 Å². The Hall–Kier alpha value is -1.95. The fraction of sp³-hybridized carbons (Fsp3) is 0.636. The van der Waals surface area contributed by atoms with E-state index in [9.17, 15) is 13.2 Å². The molecule has 30 heavy (non-hydrogen) atoms. The van der Waals surface area contributed by atoms with Crippen molar-refractivity contribution < 1.29 is 17.9 Å². The Labute approximate surface area is 178 Å². The number of carbonyl (C=O) groups is 1. The Kier molecular flexibility index (Phi) is 6.14. The molecule has 1 unspecified atom stereocenters. The van der Waals surface area contributed by atoms with Crippen molar-refractivity contribution in [1.29, 1.82) is 5.26 Å². The number of rotatable bonds is 4. The van der Waals surface area contributed by atoms with Gasteiger partial charge in [-0.25, -0.2) is 8.42 Å². The van der Waals surface area contributed by atoms with E-state index in [4.69, 9.17) is 10.00 Å². The SMILES string of the molecule is N#Cc1ccc(S(=O)(=O)N2CCC3(CC2)CC(CC(=O)N2CCCC2)CCO3)cc1. The smallest absolute Gasteiger partial charge is 0.243 e. The summed E-state index contributed by atoms with van der Waals surface area (Å²) in [5, 5.41) is 8.91. The van der Waals surface area contributed by atoms with Crippen LogP contribution in [0.3, 0.4) is 0 Å². The highest BCUT2D eigenvalue weighted by molar-refractivity contribution is 7.89. The first-order valence-corrected chi connectivity index (χ1v) is 12.3. The van der Waals surface area contributed by atoms with Crippen molar-refractivity contribution in [3.8, 4) is 6.07 Å². The molecule has 0 radical (unpaired) electrons. The molecule has 3 saturated heterocycles. The Morgan fingerprint density at radius 3 is 2.43 bits per heavy atom. The van der Waals surface area contributed by atoms with Gasteiger partial charge in [-0.3, -0.25) is 4.79 Å². The van der Waals surface area contributed by atoms with Gasteiger partial charge in [0.2, 0.25) is 15.9 Å². The van der Waals surface area contributed by atoms with Crippen LogP contribution in [0.25, 0.3) is 0 Å². The highest BCUT2D eigenvalue weighted by Crippen LogP contribution is 2.40.